The summed E-state index contributed by atoms with van der Waals surface area (Å²) in [5.74, 6) is 0.683. The Morgan fingerprint density at radius 3 is 2.23 bits per heavy atom. The lowest BCUT2D eigenvalue weighted by Crippen LogP contribution is -2.56. The van der Waals surface area contributed by atoms with Crippen molar-refractivity contribution in [2.75, 3.05) is 13.7 Å². The van der Waals surface area contributed by atoms with E-state index in [0.29, 0.717) is 16.7 Å². The highest BCUT2D eigenvalue weighted by molar-refractivity contribution is 5.94. The summed E-state index contributed by atoms with van der Waals surface area (Å²) >= 11 is 0. The summed E-state index contributed by atoms with van der Waals surface area (Å²) in [7, 11) is 1.19. The molecule has 10 nitrogen and oxygen atoms in total. The monoisotopic (exact) mass is 551 g/mol. The van der Waals surface area contributed by atoms with Crippen LogP contribution in [0.4, 0.5) is 4.79 Å². The number of phenols is 1. The van der Waals surface area contributed by atoms with Crippen LogP contribution in [0.15, 0.2) is 48.5 Å². The maximum Gasteiger partial charge on any atom is 0.408 e. The number of methoxy groups -OCH3 is 1. The topological polar surface area (TPSA) is 134 Å². The summed E-state index contributed by atoms with van der Waals surface area (Å²) in [4.78, 5) is 53.7. The minimum absolute atomic E-state index is 0.0366. The second-order valence-corrected chi connectivity index (χ2v) is 10.3. The van der Waals surface area contributed by atoms with E-state index in [9.17, 15) is 24.3 Å². The molecule has 2 unspecified atom stereocenters. The third-order valence-corrected chi connectivity index (χ3v) is 5.75. The van der Waals surface area contributed by atoms with Gasteiger partial charge in [-0.05, 0) is 63.9 Å². The van der Waals surface area contributed by atoms with Gasteiger partial charge in [-0.25, -0.2) is 4.79 Å². The minimum Gasteiger partial charge on any atom is -0.508 e. The zero-order valence-corrected chi connectivity index (χ0v) is 23.7. The fraction of sp³-hybridized carbons (Fsp3) is 0.400. The molecule has 0 aliphatic rings. The van der Waals surface area contributed by atoms with Crippen molar-refractivity contribution in [3.05, 3.63) is 65.2 Å². The molecule has 2 aromatic carbocycles. The Labute approximate surface area is 235 Å². The van der Waals surface area contributed by atoms with E-state index in [4.69, 9.17) is 11.2 Å². The lowest BCUT2D eigenvalue weighted by Gasteiger charge is -2.37. The van der Waals surface area contributed by atoms with E-state index in [1.807, 2.05) is 0 Å². The first-order valence-electron chi connectivity index (χ1n) is 12.8. The zero-order valence-electron chi connectivity index (χ0n) is 23.7. The molecule has 0 aromatic heterocycles. The summed E-state index contributed by atoms with van der Waals surface area (Å²) in [5.41, 5.74) is 0.576. The molecule has 0 bridgehead atoms. The van der Waals surface area contributed by atoms with Crippen molar-refractivity contribution < 1.29 is 33.8 Å². The molecule has 2 atom stereocenters. The Balaban J connectivity index is 2.59. The van der Waals surface area contributed by atoms with Crippen molar-refractivity contribution in [2.45, 2.75) is 64.8 Å². The smallest absolute Gasteiger partial charge is 0.408 e. The van der Waals surface area contributed by atoms with Gasteiger partial charge < -0.3 is 30.1 Å². The minimum atomic E-state index is -1.24. The second kappa shape index (κ2) is 14.0. The molecule has 0 saturated heterocycles. The molecule has 0 aliphatic carbocycles. The Kier molecular flexibility index (Phi) is 11.1. The van der Waals surface area contributed by atoms with Crippen LogP contribution in [0, 0.1) is 12.3 Å². The Hall–Kier alpha value is -4.52. The summed E-state index contributed by atoms with van der Waals surface area (Å²) < 4.78 is 10.0. The molecule has 0 radical (unpaired) electrons. The van der Waals surface area contributed by atoms with Crippen LogP contribution in [0.5, 0.6) is 5.75 Å². The quantitative estimate of drug-likeness (QED) is 0.305. The summed E-state index contributed by atoms with van der Waals surface area (Å²) in [6.45, 7) is 8.12. The number of nitrogens with zero attached hydrogens (tertiary/aromatic N) is 1. The molecule has 0 aliphatic heterocycles. The van der Waals surface area contributed by atoms with Gasteiger partial charge in [-0.15, -0.1) is 6.42 Å². The van der Waals surface area contributed by atoms with Gasteiger partial charge in [-0.2, -0.15) is 0 Å². The standard InChI is InChI=1S/C30H37N3O7/c1-8-21-11-9-10-12-23(21)26(27(36)31-18-25(35)39-7)33(19(2)3)28(37)24(32-29(38)40-30(4,5)6)17-20-13-15-22(34)16-14-20/h1,9-16,19,24,26,34H,17-18H2,2-7H3,(H,31,36)(H,32,38). The predicted molar refractivity (Wildman–Crippen MR) is 149 cm³/mol. The maximum absolute atomic E-state index is 14.3. The van der Waals surface area contributed by atoms with Crippen LogP contribution in [0.3, 0.4) is 0 Å². The number of esters is 1. The first-order chi connectivity index (χ1) is 18.8. The SMILES string of the molecule is C#Cc1ccccc1C(C(=O)NCC(=O)OC)N(C(=O)C(Cc1ccc(O)cc1)NC(=O)OC(C)(C)C)C(C)C. The molecule has 2 aromatic rings. The lowest BCUT2D eigenvalue weighted by atomic mass is 9.95. The van der Waals surface area contributed by atoms with E-state index in [1.54, 1.807) is 71.0 Å². The number of benzene rings is 2. The number of rotatable bonds is 10. The number of terminal acetylenes is 1. The third kappa shape index (κ3) is 9.05. The Morgan fingerprint density at radius 1 is 1.05 bits per heavy atom. The number of hydrogen-bond acceptors (Lipinski definition) is 7. The van der Waals surface area contributed by atoms with Crippen LogP contribution in [-0.4, -0.2) is 65.2 Å². The van der Waals surface area contributed by atoms with Crippen molar-refractivity contribution in [1.29, 1.82) is 0 Å². The van der Waals surface area contributed by atoms with Crippen molar-refractivity contribution in [3.8, 4) is 18.1 Å². The highest BCUT2D eigenvalue weighted by Crippen LogP contribution is 2.28. The summed E-state index contributed by atoms with van der Waals surface area (Å²) in [5, 5.41) is 14.9. The molecule has 0 fully saturated rings. The van der Waals surface area contributed by atoms with Gasteiger partial charge in [-0.1, -0.05) is 36.3 Å². The predicted octanol–water partition coefficient (Wildman–Crippen LogP) is 3.08. The van der Waals surface area contributed by atoms with Crippen LogP contribution < -0.4 is 10.6 Å². The van der Waals surface area contributed by atoms with Crippen molar-refractivity contribution in [3.63, 3.8) is 0 Å². The normalized spacial score (nSPS) is 12.4. The molecule has 214 valence electrons. The molecule has 3 amide bonds. The molecule has 3 N–H and O–H groups in total. The van der Waals surface area contributed by atoms with Crippen molar-refractivity contribution in [1.82, 2.24) is 15.5 Å². The van der Waals surface area contributed by atoms with Crippen LogP contribution >= 0.6 is 0 Å². The molecule has 0 saturated carbocycles. The maximum atomic E-state index is 14.3. The van der Waals surface area contributed by atoms with Gasteiger partial charge in [0.25, 0.3) is 0 Å². The number of aromatic hydroxyl groups is 1. The third-order valence-electron chi connectivity index (χ3n) is 5.75. The number of phenolic OH excluding ortho intramolecular Hbond substituents is 1. The van der Waals surface area contributed by atoms with E-state index in [-0.39, 0.29) is 12.2 Å². The van der Waals surface area contributed by atoms with Crippen molar-refractivity contribution >= 4 is 23.9 Å². The van der Waals surface area contributed by atoms with Crippen LogP contribution in [0.1, 0.15) is 57.4 Å². The van der Waals surface area contributed by atoms with Gasteiger partial charge in [0.15, 0.2) is 0 Å². The van der Waals surface area contributed by atoms with Gasteiger partial charge in [0.05, 0.1) is 7.11 Å². The van der Waals surface area contributed by atoms with E-state index < -0.39 is 54.1 Å². The average Bonchev–Trinajstić information content (AvgIpc) is 2.89. The molecule has 2 rings (SSSR count). The van der Waals surface area contributed by atoms with E-state index >= 15 is 0 Å². The Bertz CT molecular complexity index is 1240. The molecule has 10 heteroatoms. The first-order valence-corrected chi connectivity index (χ1v) is 12.8. The highest BCUT2D eigenvalue weighted by Gasteiger charge is 2.38. The fourth-order valence-electron chi connectivity index (χ4n) is 3.99. The largest absolute Gasteiger partial charge is 0.508 e. The van der Waals surface area contributed by atoms with Gasteiger partial charge in [0.1, 0.15) is 30.0 Å². The number of hydrogen-bond donors (Lipinski definition) is 3. The number of carbonyl (C=O) groups is 4. The van der Waals surface area contributed by atoms with Gasteiger partial charge in [0, 0.05) is 18.0 Å². The van der Waals surface area contributed by atoms with E-state index in [2.05, 4.69) is 21.3 Å². The van der Waals surface area contributed by atoms with E-state index in [0.717, 1.165) is 0 Å². The Morgan fingerprint density at radius 2 is 1.68 bits per heavy atom. The number of carbonyl (C=O) groups excluding carboxylic acids is 4. The van der Waals surface area contributed by atoms with Gasteiger partial charge in [0.2, 0.25) is 11.8 Å². The average molecular weight is 552 g/mol. The zero-order chi connectivity index (χ0) is 30.0. The molecular formula is C30H37N3O7. The van der Waals surface area contributed by atoms with Gasteiger partial charge in [-0.3, -0.25) is 14.4 Å². The number of amides is 3. The van der Waals surface area contributed by atoms with Crippen LogP contribution in [0.2, 0.25) is 0 Å². The molecular weight excluding hydrogens is 514 g/mol. The van der Waals surface area contributed by atoms with E-state index in [1.165, 1.54) is 24.1 Å². The second-order valence-electron chi connectivity index (χ2n) is 10.3. The lowest BCUT2D eigenvalue weighted by molar-refractivity contribution is -0.146. The van der Waals surface area contributed by atoms with Crippen molar-refractivity contribution in [2.24, 2.45) is 0 Å². The van der Waals surface area contributed by atoms with Gasteiger partial charge >= 0.3 is 12.1 Å². The molecule has 40 heavy (non-hydrogen) atoms. The highest BCUT2D eigenvalue weighted by atomic mass is 16.6. The first kappa shape index (κ1) is 31.7. The number of ether oxygens (including phenoxy) is 2. The van der Waals surface area contributed by atoms with Crippen LogP contribution in [0.25, 0.3) is 0 Å². The number of alkyl carbamates (subject to hydrolysis) is 1. The molecule has 0 heterocycles. The summed E-state index contributed by atoms with van der Waals surface area (Å²) in [6, 6.07) is 9.92. The number of nitrogens with one attached hydrogen (secondary N) is 2. The van der Waals surface area contributed by atoms with Crippen LogP contribution in [-0.2, 0) is 30.3 Å². The summed E-state index contributed by atoms with van der Waals surface area (Å²) in [6.07, 6.45) is 4.95. The molecule has 0 spiro atoms. The fourth-order valence-corrected chi connectivity index (χ4v) is 3.99.